The van der Waals surface area contributed by atoms with E-state index in [4.69, 9.17) is 0 Å². The second-order valence-corrected chi connectivity index (χ2v) is 4.94. The Labute approximate surface area is 152 Å². The van der Waals surface area contributed by atoms with Crippen molar-refractivity contribution in [1.29, 1.82) is 0 Å². The van der Waals surface area contributed by atoms with Crippen molar-refractivity contribution in [2.75, 3.05) is 26.2 Å². The topological polar surface area (TPSA) is 72.3 Å². The second-order valence-electron chi connectivity index (χ2n) is 4.94. The maximum atomic E-state index is 11.5. The Kier molecular flexibility index (Phi) is 9.46. The van der Waals surface area contributed by atoms with E-state index in [9.17, 15) is 9.59 Å². The average Bonchev–Trinajstić information content (AvgIpc) is 2.56. The Morgan fingerprint density at radius 3 is 1.58 bits per heavy atom. The molecule has 2 aliphatic rings. The molecule has 0 spiro atoms. The van der Waals surface area contributed by atoms with Crippen molar-refractivity contribution in [2.24, 2.45) is 0 Å². The molecule has 0 unspecified atom stereocenters. The Balaban J connectivity index is 0.00000288. The van der Waals surface area contributed by atoms with E-state index < -0.39 is 0 Å². The molecule has 2 rings (SSSR count). The molecule has 0 aromatic heterocycles. The summed E-state index contributed by atoms with van der Waals surface area (Å²) in [5.74, 6) is 0.0191. The van der Waals surface area contributed by atoms with Crippen LogP contribution in [0, 0.1) is 0 Å². The van der Waals surface area contributed by atoms with Crippen molar-refractivity contribution in [3.8, 4) is 0 Å². The third-order valence-corrected chi connectivity index (χ3v) is 3.18. The fraction of sp³-hybridized carbons (Fsp3) is 0.222. The van der Waals surface area contributed by atoms with E-state index in [0.717, 1.165) is 0 Å². The third-order valence-electron chi connectivity index (χ3n) is 3.18. The molecule has 6 heteroatoms. The van der Waals surface area contributed by atoms with Gasteiger partial charge in [0, 0.05) is 23.5 Å². The smallest absolute Gasteiger partial charge is 0.659 e. The van der Waals surface area contributed by atoms with Crippen LogP contribution in [0.25, 0.3) is 5.32 Å². The van der Waals surface area contributed by atoms with Crippen molar-refractivity contribution in [1.82, 2.24) is 10.6 Å². The molecule has 2 N–H and O–H groups in total. The minimum Gasteiger partial charge on any atom is -0.659 e. The van der Waals surface area contributed by atoms with Crippen LogP contribution in [0.4, 0.5) is 0 Å². The summed E-state index contributed by atoms with van der Waals surface area (Å²) in [7, 11) is 0. The quantitative estimate of drug-likeness (QED) is 0.386. The van der Waals surface area contributed by atoms with Gasteiger partial charge >= 0.3 is 17.1 Å². The molecule has 0 saturated carbocycles. The molecule has 0 saturated heterocycles. The molecule has 0 fully saturated rings. The van der Waals surface area contributed by atoms with E-state index in [1.165, 1.54) is 0 Å². The van der Waals surface area contributed by atoms with Crippen LogP contribution in [0.3, 0.4) is 0 Å². The number of nitrogens with zero attached hydrogens (tertiary/aromatic N) is 1. The van der Waals surface area contributed by atoms with Crippen molar-refractivity contribution in [3.05, 3.63) is 77.5 Å². The average molecular weight is 374 g/mol. The van der Waals surface area contributed by atoms with Crippen molar-refractivity contribution in [2.45, 2.75) is 0 Å². The molecule has 130 valence electrons. The molecular weight excluding hydrogens is 354 g/mol. The van der Waals surface area contributed by atoms with E-state index in [-0.39, 0.29) is 28.6 Å². The van der Waals surface area contributed by atoms with E-state index in [1.807, 2.05) is 12.2 Å². The zero-order chi connectivity index (χ0) is 16.3. The summed E-state index contributed by atoms with van der Waals surface area (Å²) >= 11 is 0. The van der Waals surface area contributed by atoms with Gasteiger partial charge in [-0.3, -0.25) is 9.59 Å². The summed E-state index contributed by atoms with van der Waals surface area (Å²) in [4.78, 5) is 22.9. The Bertz CT molecular complexity index is 574. The number of rotatable bonds is 8. The minimum atomic E-state index is 0. The molecule has 0 heterocycles. The van der Waals surface area contributed by atoms with Crippen LogP contribution >= 0.6 is 0 Å². The van der Waals surface area contributed by atoms with Gasteiger partial charge in [-0.2, -0.15) is 0 Å². The number of allylic oxidation sites excluding steroid dienone is 10. The molecule has 2 aliphatic carbocycles. The van der Waals surface area contributed by atoms with E-state index in [0.29, 0.717) is 37.3 Å². The molecule has 0 bridgehead atoms. The van der Waals surface area contributed by atoms with Gasteiger partial charge in [-0.1, -0.05) is 24.3 Å². The number of carbonyl (C=O) groups is 2. The summed E-state index contributed by atoms with van der Waals surface area (Å²) in [5.41, 5.74) is 1.31. The van der Waals surface area contributed by atoms with Crippen LogP contribution in [0.5, 0.6) is 0 Å². The van der Waals surface area contributed by atoms with Crippen LogP contribution < -0.4 is 10.6 Å². The van der Waals surface area contributed by atoms with E-state index >= 15 is 0 Å². The van der Waals surface area contributed by atoms with Gasteiger partial charge in [-0.15, -0.1) is 13.1 Å². The Morgan fingerprint density at radius 1 is 0.750 bits per heavy atom. The Hall–Kier alpha value is -2.14. The molecule has 24 heavy (non-hydrogen) atoms. The molecule has 0 atom stereocenters. The van der Waals surface area contributed by atoms with Gasteiger partial charge in [0.2, 0.25) is 0 Å². The fourth-order valence-corrected chi connectivity index (χ4v) is 1.96. The number of hydrogen-bond donors (Lipinski definition) is 2. The van der Waals surface area contributed by atoms with Gasteiger partial charge in [-0.25, -0.2) is 0 Å². The zero-order valence-electron chi connectivity index (χ0n) is 13.2. The summed E-state index contributed by atoms with van der Waals surface area (Å²) in [6.07, 6.45) is 17.2. The molecule has 0 aromatic carbocycles. The summed E-state index contributed by atoms with van der Waals surface area (Å²) in [6.45, 7) is 2.69. The normalized spacial score (nSPS) is 19.0. The molecule has 0 aromatic rings. The maximum Gasteiger partial charge on any atom is 1.00 e. The van der Waals surface area contributed by atoms with Crippen molar-refractivity contribution < 1.29 is 26.7 Å². The van der Waals surface area contributed by atoms with Crippen LogP contribution in [0.1, 0.15) is 0 Å². The van der Waals surface area contributed by atoms with E-state index in [2.05, 4.69) is 16.0 Å². The molecular formula is C18H20CuN3O2. The standard InChI is InChI=1S/C18H20N3O2.Cu/c22-17-7-3-1-5-15(17)13-20-11-9-19-10-12-21-14-16-6-2-4-8-18(16)23;/h1-8,13-14,20-21H,9-12H2;/q-1;+1/b15-13-,16-14-;. The SMILES string of the molecule is O=C1C=CC=C/C1=C/NCC[N-]CCN/C=C1/C=CC=CC1=O.[Cu+]. The molecule has 0 radical (unpaired) electrons. The first-order chi connectivity index (χ1) is 11.3. The van der Waals surface area contributed by atoms with Gasteiger partial charge < -0.3 is 16.0 Å². The number of ketones is 2. The summed E-state index contributed by atoms with van der Waals surface area (Å²) < 4.78 is 0. The van der Waals surface area contributed by atoms with Gasteiger partial charge in [0.25, 0.3) is 0 Å². The third kappa shape index (κ3) is 6.96. The minimum absolute atomic E-state index is 0. The molecule has 0 amide bonds. The van der Waals surface area contributed by atoms with Crippen molar-refractivity contribution >= 4 is 11.6 Å². The molecule has 0 aliphatic heterocycles. The first-order valence-electron chi connectivity index (χ1n) is 7.56. The van der Waals surface area contributed by atoms with Gasteiger partial charge in [-0.05, 0) is 37.4 Å². The van der Waals surface area contributed by atoms with Crippen LogP contribution in [-0.4, -0.2) is 37.7 Å². The predicted octanol–water partition coefficient (Wildman–Crippen LogP) is 1.69. The van der Waals surface area contributed by atoms with Crippen molar-refractivity contribution in [3.63, 3.8) is 0 Å². The van der Waals surface area contributed by atoms with Crippen LogP contribution in [-0.2, 0) is 26.7 Å². The first kappa shape index (κ1) is 19.9. The van der Waals surface area contributed by atoms with E-state index in [1.54, 1.807) is 48.9 Å². The number of hydrogen-bond acceptors (Lipinski definition) is 4. The Morgan fingerprint density at radius 2 is 1.17 bits per heavy atom. The first-order valence-corrected chi connectivity index (χ1v) is 7.56. The van der Waals surface area contributed by atoms with Gasteiger partial charge in [0.1, 0.15) is 0 Å². The zero-order valence-corrected chi connectivity index (χ0v) is 14.1. The van der Waals surface area contributed by atoms with Gasteiger partial charge in [0.05, 0.1) is 0 Å². The maximum absolute atomic E-state index is 11.5. The second kappa shape index (κ2) is 11.4. The fourth-order valence-electron chi connectivity index (χ4n) is 1.96. The largest absolute Gasteiger partial charge is 1.00 e. The number of carbonyl (C=O) groups excluding carboxylic acids is 2. The molecule has 5 nitrogen and oxygen atoms in total. The van der Waals surface area contributed by atoms with Crippen LogP contribution in [0.2, 0.25) is 0 Å². The monoisotopic (exact) mass is 373 g/mol. The summed E-state index contributed by atoms with van der Waals surface area (Å²) in [6, 6.07) is 0. The van der Waals surface area contributed by atoms with Crippen LogP contribution in [0.15, 0.2) is 72.2 Å². The van der Waals surface area contributed by atoms with Gasteiger partial charge in [0.15, 0.2) is 11.6 Å². The number of nitrogens with one attached hydrogen (secondary N) is 2. The summed E-state index contributed by atoms with van der Waals surface area (Å²) in [5, 5.41) is 10.5. The predicted molar refractivity (Wildman–Crippen MR) is 91.8 cm³/mol.